The third kappa shape index (κ3) is 3.25. The van der Waals surface area contributed by atoms with E-state index in [1.54, 1.807) is 0 Å². The fourth-order valence-electron chi connectivity index (χ4n) is 2.75. The van der Waals surface area contributed by atoms with Crippen LogP contribution in [-0.2, 0) is 12.0 Å². The number of hydrogen-bond donors (Lipinski definition) is 1. The van der Waals surface area contributed by atoms with E-state index in [-0.39, 0.29) is 0 Å². The molecular weight excluding hydrogens is 300 g/mol. The minimum absolute atomic E-state index is 0.439. The van der Waals surface area contributed by atoms with E-state index in [9.17, 15) is 5.11 Å². The molecule has 0 aliphatic heterocycles. The number of aromatic nitrogens is 1. The third-order valence-corrected chi connectivity index (χ3v) is 4.11. The van der Waals surface area contributed by atoms with E-state index < -0.39 is 5.60 Å². The molecule has 124 valence electrons. The minimum atomic E-state index is -1.36. The molecular formula is C20H22N2O2. The SMILES string of the molecule is CN(C)CCc1cc(C(O)(c2ccccc2)c2ccccc2)on1. The zero-order chi connectivity index (χ0) is 17.0. The smallest absolute Gasteiger partial charge is 0.177 e. The Balaban J connectivity index is 2.03. The van der Waals surface area contributed by atoms with Gasteiger partial charge in [0.25, 0.3) is 0 Å². The highest BCUT2D eigenvalue weighted by Gasteiger charge is 2.37. The third-order valence-electron chi connectivity index (χ3n) is 4.11. The van der Waals surface area contributed by atoms with Crippen molar-refractivity contribution < 1.29 is 9.63 Å². The molecule has 0 spiro atoms. The zero-order valence-corrected chi connectivity index (χ0v) is 14.0. The van der Waals surface area contributed by atoms with Crippen LogP contribution >= 0.6 is 0 Å². The summed E-state index contributed by atoms with van der Waals surface area (Å²) in [5, 5.41) is 15.7. The van der Waals surface area contributed by atoms with Gasteiger partial charge in [-0.25, -0.2) is 0 Å². The molecule has 0 saturated heterocycles. The van der Waals surface area contributed by atoms with Crippen LogP contribution in [0.5, 0.6) is 0 Å². The van der Waals surface area contributed by atoms with Gasteiger partial charge in [-0.1, -0.05) is 65.8 Å². The lowest BCUT2D eigenvalue weighted by atomic mass is 9.84. The first-order valence-corrected chi connectivity index (χ1v) is 8.05. The quantitative estimate of drug-likeness (QED) is 0.758. The molecule has 0 amide bonds. The van der Waals surface area contributed by atoms with Crippen LogP contribution in [-0.4, -0.2) is 35.8 Å². The lowest BCUT2D eigenvalue weighted by Gasteiger charge is -2.26. The fourth-order valence-corrected chi connectivity index (χ4v) is 2.75. The number of nitrogens with zero attached hydrogens (tertiary/aromatic N) is 2. The Labute approximate surface area is 142 Å². The molecule has 0 fully saturated rings. The van der Waals surface area contributed by atoms with Crippen molar-refractivity contribution in [1.82, 2.24) is 10.1 Å². The summed E-state index contributed by atoms with van der Waals surface area (Å²) in [6.45, 7) is 0.876. The predicted molar refractivity (Wildman–Crippen MR) is 93.7 cm³/mol. The first-order chi connectivity index (χ1) is 11.6. The van der Waals surface area contributed by atoms with E-state index >= 15 is 0 Å². The maximum absolute atomic E-state index is 11.6. The summed E-state index contributed by atoms with van der Waals surface area (Å²) in [5.74, 6) is 0.439. The number of likely N-dealkylation sites (N-methyl/N-ethyl adjacent to an activating group) is 1. The lowest BCUT2D eigenvalue weighted by molar-refractivity contribution is 0.0907. The maximum Gasteiger partial charge on any atom is 0.177 e. The van der Waals surface area contributed by atoms with Crippen LogP contribution in [0.1, 0.15) is 22.6 Å². The molecule has 0 radical (unpaired) electrons. The second-order valence-corrected chi connectivity index (χ2v) is 6.18. The van der Waals surface area contributed by atoms with Gasteiger partial charge in [-0.2, -0.15) is 0 Å². The molecule has 1 aromatic heterocycles. The average Bonchev–Trinajstić information content (AvgIpc) is 3.10. The highest BCUT2D eigenvalue weighted by atomic mass is 16.5. The van der Waals surface area contributed by atoms with E-state index in [0.29, 0.717) is 5.76 Å². The molecule has 4 heteroatoms. The van der Waals surface area contributed by atoms with Crippen molar-refractivity contribution in [2.24, 2.45) is 0 Å². The molecule has 2 aromatic carbocycles. The molecule has 24 heavy (non-hydrogen) atoms. The average molecular weight is 322 g/mol. The monoisotopic (exact) mass is 322 g/mol. The standard InChI is InChI=1S/C20H22N2O2/c1-22(2)14-13-18-15-19(24-21-18)20(23,16-9-5-3-6-10-16)17-11-7-4-8-12-17/h3-12,15,23H,13-14H2,1-2H3. The van der Waals surface area contributed by atoms with E-state index in [1.807, 2.05) is 80.8 Å². The molecule has 0 aliphatic carbocycles. The normalized spacial score (nSPS) is 11.8. The van der Waals surface area contributed by atoms with E-state index in [1.165, 1.54) is 0 Å². The second-order valence-electron chi connectivity index (χ2n) is 6.18. The Morgan fingerprint density at radius 1 is 0.958 bits per heavy atom. The van der Waals surface area contributed by atoms with Gasteiger partial charge < -0.3 is 14.5 Å². The van der Waals surface area contributed by atoms with Crippen LogP contribution in [0.25, 0.3) is 0 Å². The summed E-state index contributed by atoms with van der Waals surface area (Å²) >= 11 is 0. The summed E-state index contributed by atoms with van der Waals surface area (Å²) in [6.07, 6.45) is 0.774. The van der Waals surface area contributed by atoms with Gasteiger partial charge in [-0.15, -0.1) is 0 Å². The Morgan fingerprint density at radius 3 is 2.00 bits per heavy atom. The van der Waals surface area contributed by atoms with Crippen molar-refractivity contribution in [3.63, 3.8) is 0 Å². The summed E-state index contributed by atoms with van der Waals surface area (Å²) in [6, 6.07) is 20.9. The Morgan fingerprint density at radius 2 is 1.50 bits per heavy atom. The Hall–Kier alpha value is -2.43. The van der Waals surface area contributed by atoms with Crippen molar-refractivity contribution >= 4 is 0 Å². The summed E-state index contributed by atoms with van der Waals surface area (Å²) < 4.78 is 5.55. The summed E-state index contributed by atoms with van der Waals surface area (Å²) in [5.41, 5.74) is 0.994. The first kappa shape index (κ1) is 16.4. The molecule has 0 unspecified atom stereocenters. The molecule has 0 aliphatic rings. The van der Waals surface area contributed by atoms with Crippen LogP contribution in [0.3, 0.4) is 0 Å². The van der Waals surface area contributed by atoms with Gasteiger partial charge in [0.2, 0.25) is 0 Å². The first-order valence-electron chi connectivity index (χ1n) is 8.05. The van der Waals surface area contributed by atoms with Crippen molar-refractivity contribution in [3.05, 3.63) is 89.3 Å². The molecule has 1 heterocycles. The molecule has 0 saturated carbocycles. The van der Waals surface area contributed by atoms with Crippen molar-refractivity contribution in [3.8, 4) is 0 Å². The summed E-state index contributed by atoms with van der Waals surface area (Å²) in [7, 11) is 4.04. The predicted octanol–water partition coefficient (Wildman–Crippen LogP) is 3.06. The van der Waals surface area contributed by atoms with Gasteiger partial charge in [-0.05, 0) is 25.2 Å². The Bertz CT molecular complexity index is 727. The molecule has 0 atom stereocenters. The largest absolute Gasteiger partial charge is 0.373 e. The molecule has 3 rings (SSSR count). The van der Waals surface area contributed by atoms with Gasteiger partial charge in [0.15, 0.2) is 11.4 Å². The van der Waals surface area contributed by atoms with Crippen LogP contribution < -0.4 is 0 Å². The second kappa shape index (κ2) is 6.99. The van der Waals surface area contributed by atoms with E-state index in [0.717, 1.165) is 29.8 Å². The van der Waals surface area contributed by atoms with E-state index in [4.69, 9.17) is 4.52 Å². The van der Waals surface area contributed by atoms with E-state index in [2.05, 4.69) is 10.1 Å². The number of benzene rings is 2. The highest BCUT2D eigenvalue weighted by molar-refractivity contribution is 5.43. The van der Waals surface area contributed by atoms with Crippen LogP contribution in [0.2, 0.25) is 0 Å². The highest BCUT2D eigenvalue weighted by Crippen LogP contribution is 2.36. The topological polar surface area (TPSA) is 49.5 Å². The number of rotatable bonds is 6. The molecule has 0 bridgehead atoms. The summed E-state index contributed by atoms with van der Waals surface area (Å²) in [4.78, 5) is 2.09. The molecule has 3 aromatic rings. The number of hydrogen-bond acceptors (Lipinski definition) is 4. The van der Waals surface area contributed by atoms with Gasteiger partial charge in [-0.3, -0.25) is 0 Å². The molecule has 4 nitrogen and oxygen atoms in total. The van der Waals surface area contributed by atoms with Crippen molar-refractivity contribution in [2.45, 2.75) is 12.0 Å². The van der Waals surface area contributed by atoms with Crippen LogP contribution in [0, 0.1) is 0 Å². The van der Waals surface area contributed by atoms with Crippen molar-refractivity contribution in [1.29, 1.82) is 0 Å². The minimum Gasteiger partial charge on any atom is -0.373 e. The number of aliphatic hydroxyl groups is 1. The van der Waals surface area contributed by atoms with Gasteiger partial charge >= 0.3 is 0 Å². The fraction of sp³-hybridized carbons (Fsp3) is 0.250. The van der Waals surface area contributed by atoms with Gasteiger partial charge in [0, 0.05) is 19.0 Å². The lowest BCUT2D eigenvalue weighted by Crippen LogP contribution is -2.28. The van der Waals surface area contributed by atoms with Gasteiger partial charge in [0.05, 0.1) is 5.69 Å². The van der Waals surface area contributed by atoms with Crippen LogP contribution in [0.4, 0.5) is 0 Å². The maximum atomic E-state index is 11.6. The van der Waals surface area contributed by atoms with Crippen molar-refractivity contribution in [2.75, 3.05) is 20.6 Å². The van der Waals surface area contributed by atoms with Crippen LogP contribution in [0.15, 0.2) is 71.3 Å². The Kier molecular flexibility index (Phi) is 4.79. The molecule has 1 N–H and O–H groups in total. The van der Waals surface area contributed by atoms with Gasteiger partial charge in [0.1, 0.15) is 0 Å². The zero-order valence-electron chi connectivity index (χ0n) is 14.0.